The fourth-order valence-electron chi connectivity index (χ4n) is 2.36. The average Bonchev–Trinajstić information content (AvgIpc) is 3.29. The molecular weight excluding hydrogens is 370 g/mol. The van der Waals surface area contributed by atoms with Gasteiger partial charge in [-0.05, 0) is 23.8 Å². The second kappa shape index (κ2) is 6.34. The van der Waals surface area contributed by atoms with Crippen LogP contribution in [0.15, 0.2) is 47.4 Å². The fraction of sp³-hybridized carbons (Fsp3) is 0.125. The lowest BCUT2D eigenvalue weighted by Crippen LogP contribution is -2.05. The van der Waals surface area contributed by atoms with Crippen LogP contribution in [0.3, 0.4) is 0 Å². The van der Waals surface area contributed by atoms with E-state index in [9.17, 15) is 17.6 Å². The Labute approximate surface area is 148 Å². The highest BCUT2D eigenvalue weighted by Gasteiger charge is 2.38. The number of imidazole rings is 1. The van der Waals surface area contributed by atoms with Crippen molar-refractivity contribution >= 4 is 5.65 Å². The molecule has 0 saturated carbocycles. The van der Waals surface area contributed by atoms with Gasteiger partial charge >= 0.3 is 18.1 Å². The first kappa shape index (κ1) is 16.9. The number of rotatable bonds is 4. The Morgan fingerprint density at radius 3 is 2.70 bits per heavy atom. The fourth-order valence-corrected chi connectivity index (χ4v) is 2.36. The number of benzene rings is 1. The summed E-state index contributed by atoms with van der Waals surface area (Å²) in [5.74, 6) is -2.83. The first-order valence-corrected chi connectivity index (χ1v) is 7.52. The smallest absolute Gasteiger partial charge is 0.460 e. The lowest BCUT2D eigenvalue weighted by Gasteiger charge is -2.08. The van der Waals surface area contributed by atoms with Crippen LogP contribution in [-0.2, 0) is 12.8 Å². The average molecular weight is 379 g/mol. The van der Waals surface area contributed by atoms with Crippen molar-refractivity contribution in [3.05, 3.63) is 60.1 Å². The van der Waals surface area contributed by atoms with Gasteiger partial charge in [-0.3, -0.25) is 4.40 Å². The number of alkyl halides is 3. The summed E-state index contributed by atoms with van der Waals surface area (Å²) in [7, 11) is 0. The van der Waals surface area contributed by atoms with Gasteiger partial charge in [0.2, 0.25) is 5.82 Å². The van der Waals surface area contributed by atoms with Crippen LogP contribution in [0.4, 0.5) is 17.6 Å². The first-order valence-electron chi connectivity index (χ1n) is 7.52. The molecule has 0 amide bonds. The Morgan fingerprint density at radius 2 is 1.96 bits per heavy atom. The maximum atomic E-state index is 14.3. The van der Waals surface area contributed by atoms with Crippen LogP contribution in [0.1, 0.15) is 11.5 Å². The van der Waals surface area contributed by atoms with Gasteiger partial charge in [0.25, 0.3) is 0 Å². The van der Waals surface area contributed by atoms with Gasteiger partial charge in [-0.1, -0.05) is 11.2 Å². The van der Waals surface area contributed by atoms with Gasteiger partial charge < -0.3 is 9.26 Å². The molecular formula is C16H9F4N5O2. The van der Waals surface area contributed by atoms with E-state index in [0.717, 1.165) is 6.07 Å². The van der Waals surface area contributed by atoms with E-state index >= 15 is 0 Å². The summed E-state index contributed by atoms with van der Waals surface area (Å²) in [5.41, 5.74) is 0.863. The highest BCUT2D eigenvalue weighted by molar-refractivity contribution is 5.55. The van der Waals surface area contributed by atoms with E-state index < -0.39 is 23.7 Å². The zero-order chi connectivity index (χ0) is 19.0. The molecule has 4 rings (SSSR count). The third-order valence-corrected chi connectivity index (χ3v) is 3.59. The number of hydrogen-bond donors (Lipinski definition) is 0. The quantitative estimate of drug-likeness (QED) is 0.505. The van der Waals surface area contributed by atoms with Crippen molar-refractivity contribution in [3.63, 3.8) is 0 Å². The van der Waals surface area contributed by atoms with Crippen molar-refractivity contribution in [2.75, 3.05) is 0 Å². The second-order valence-corrected chi connectivity index (χ2v) is 5.41. The third-order valence-electron chi connectivity index (χ3n) is 3.59. The summed E-state index contributed by atoms with van der Waals surface area (Å²) in [6, 6.07) is 5.82. The molecule has 11 heteroatoms. The molecule has 0 radical (unpaired) electrons. The summed E-state index contributed by atoms with van der Waals surface area (Å²) >= 11 is 0. The van der Waals surface area contributed by atoms with Crippen LogP contribution in [0.2, 0.25) is 0 Å². The summed E-state index contributed by atoms with van der Waals surface area (Å²) in [5, 5.41) is 3.17. The predicted molar refractivity (Wildman–Crippen MR) is 82.0 cm³/mol. The van der Waals surface area contributed by atoms with Gasteiger partial charge in [-0.15, -0.1) is 0 Å². The van der Waals surface area contributed by atoms with Crippen molar-refractivity contribution in [1.82, 2.24) is 24.5 Å². The molecule has 0 N–H and O–H groups in total. The summed E-state index contributed by atoms with van der Waals surface area (Å²) in [6.45, 7) is -0.0124. The number of aromatic nitrogens is 5. The van der Waals surface area contributed by atoms with Gasteiger partial charge in [0.1, 0.15) is 18.1 Å². The van der Waals surface area contributed by atoms with Gasteiger partial charge in [-0.25, -0.2) is 14.4 Å². The monoisotopic (exact) mass is 379 g/mol. The van der Waals surface area contributed by atoms with Crippen LogP contribution in [0.5, 0.6) is 6.01 Å². The van der Waals surface area contributed by atoms with Gasteiger partial charge in [0, 0.05) is 18.6 Å². The molecule has 3 heterocycles. The maximum Gasteiger partial charge on any atom is 0.471 e. The highest BCUT2D eigenvalue weighted by Crippen LogP contribution is 2.30. The van der Waals surface area contributed by atoms with E-state index in [0.29, 0.717) is 11.2 Å². The first-order chi connectivity index (χ1) is 12.9. The summed E-state index contributed by atoms with van der Waals surface area (Å²) < 4.78 is 63.1. The molecule has 0 aliphatic heterocycles. The zero-order valence-corrected chi connectivity index (χ0v) is 13.3. The Hall–Kier alpha value is -3.50. The Kier molecular flexibility index (Phi) is 3.98. The molecule has 0 bridgehead atoms. The van der Waals surface area contributed by atoms with Crippen molar-refractivity contribution < 1.29 is 26.8 Å². The molecule has 27 heavy (non-hydrogen) atoms. The molecule has 1 aromatic carbocycles. The number of halogens is 4. The zero-order valence-electron chi connectivity index (χ0n) is 13.3. The van der Waals surface area contributed by atoms with Crippen LogP contribution >= 0.6 is 0 Å². The van der Waals surface area contributed by atoms with Crippen LogP contribution in [-0.4, -0.2) is 24.5 Å². The van der Waals surface area contributed by atoms with E-state index in [1.165, 1.54) is 18.3 Å². The number of nitrogens with zero attached hydrogens (tertiary/aromatic N) is 5. The molecule has 0 aliphatic carbocycles. The van der Waals surface area contributed by atoms with Crippen molar-refractivity contribution in [1.29, 1.82) is 0 Å². The van der Waals surface area contributed by atoms with Crippen molar-refractivity contribution in [2.24, 2.45) is 0 Å². The number of fused-ring (bicyclic) bond motifs is 1. The molecule has 3 aromatic heterocycles. The number of ether oxygens (including phenoxy) is 1. The van der Waals surface area contributed by atoms with E-state index in [-0.39, 0.29) is 18.2 Å². The molecule has 0 aliphatic rings. The Bertz CT molecular complexity index is 1110. The highest BCUT2D eigenvalue weighted by atomic mass is 19.4. The molecule has 0 fully saturated rings. The third kappa shape index (κ3) is 3.30. The topological polar surface area (TPSA) is 78.3 Å². The molecule has 0 unspecified atom stereocenters. The molecule has 0 atom stereocenters. The lowest BCUT2D eigenvalue weighted by molar-refractivity contribution is -0.159. The minimum atomic E-state index is -4.79. The second-order valence-electron chi connectivity index (χ2n) is 5.41. The maximum absolute atomic E-state index is 14.3. The van der Waals surface area contributed by atoms with Crippen molar-refractivity contribution in [2.45, 2.75) is 12.8 Å². The summed E-state index contributed by atoms with van der Waals surface area (Å²) in [4.78, 5) is 11.3. The predicted octanol–water partition coefficient (Wildman–Crippen LogP) is 3.52. The van der Waals surface area contributed by atoms with Crippen LogP contribution in [0, 0.1) is 5.82 Å². The summed E-state index contributed by atoms with van der Waals surface area (Å²) in [6.07, 6.45) is -0.0268. The minimum Gasteiger partial charge on any atom is -0.460 e. The largest absolute Gasteiger partial charge is 0.471 e. The minimum absolute atomic E-state index is 0.0124. The van der Waals surface area contributed by atoms with E-state index in [1.54, 1.807) is 22.9 Å². The Morgan fingerprint density at radius 1 is 1.11 bits per heavy atom. The van der Waals surface area contributed by atoms with Crippen molar-refractivity contribution in [3.8, 4) is 17.4 Å². The van der Waals surface area contributed by atoms with Crippen LogP contribution < -0.4 is 4.74 Å². The van der Waals surface area contributed by atoms with E-state index in [4.69, 9.17) is 4.74 Å². The number of hydrogen-bond acceptors (Lipinski definition) is 6. The molecule has 7 nitrogen and oxygen atoms in total. The van der Waals surface area contributed by atoms with E-state index in [2.05, 4.69) is 24.6 Å². The SMILES string of the molecule is Fc1cc(COc2nccc3nccn23)ccc1-c1noc(C(F)(F)F)n1. The van der Waals surface area contributed by atoms with Crippen LogP contribution in [0.25, 0.3) is 17.0 Å². The van der Waals surface area contributed by atoms with Gasteiger partial charge in [0.15, 0.2) is 0 Å². The normalized spacial score (nSPS) is 11.9. The molecule has 4 aromatic rings. The van der Waals surface area contributed by atoms with Gasteiger partial charge in [-0.2, -0.15) is 18.2 Å². The van der Waals surface area contributed by atoms with E-state index in [1.807, 2.05) is 0 Å². The molecule has 0 saturated heterocycles. The standard InChI is InChI=1S/C16H9F4N5O2/c17-11-7-9(8-26-15-22-4-3-12-21-5-6-25(12)15)1-2-10(11)13-23-14(27-24-13)16(18,19)20/h1-7H,8H2. The van der Waals surface area contributed by atoms with Gasteiger partial charge in [0.05, 0.1) is 5.56 Å². The molecule has 0 spiro atoms. The Balaban J connectivity index is 1.53. The molecule has 138 valence electrons. The lowest BCUT2D eigenvalue weighted by atomic mass is 10.1.